The number of aromatic amines is 1. The lowest BCUT2D eigenvalue weighted by Gasteiger charge is -1.99. The van der Waals surface area contributed by atoms with Gasteiger partial charge in [-0.3, -0.25) is 0 Å². The van der Waals surface area contributed by atoms with E-state index in [0.717, 1.165) is 5.56 Å². The van der Waals surface area contributed by atoms with Crippen LogP contribution in [0.1, 0.15) is 15.9 Å². The van der Waals surface area contributed by atoms with Crippen LogP contribution in [-0.4, -0.2) is 10.9 Å². The van der Waals surface area contributed by atoms with Crippen molar-refractivity contribution in [2.45, 2.75) is 6.92 Å². The first-order valence-corrected chi connectivity index (χ1v) is 5.45. The Morgan fingerprint density at radius 2 is 2.24 bits per heavy atom. The highest BCUT2D eigenvalue weighted by atomic mass is 35.5. The number of aromatic nitrogens is 2. The molecule has 0 atom stereocenters. The number of amides is 1. The third kappa shape index (κ3) is 2.79. The third-order valence-corrected chi connectivity index (χ3v) is 2.52. The molecule has 0 unspecified atom stereocenters. The second kappa shape index (κ2) is 4.93. The van der Waals surface area contributed by atoms with E-state index >= 15 is 0 Å². The van der Waals surface area contributed by atoms with Crippen LogP contribution in [0.2, 0.25) is 5.15 Å². The number of aryl methyl sites for hydroxylation is 1. The first-order valence-electron chi connectivity index (χ1n) is 5.07. The van der Waals surface area contributed by atoms with Crippen molar-refractivity contribution < 1.29 is 9.78 Å². The fourth-order valence-electron chi connectivity index (χ4n) is 1.33. The second-order valence-electron chi connectivity index (χ2n) is 3.58. The first kappa shape index (κ1) is 11.5. The van der Waals surface area contributed by atoms with Gasteiger partial charge in [-0.05, 0) is 30.7 Å². The van der Waals surface area contributed by atoms with Crippen molar-refractivity contribution in [1.82, 2.24) is 4.98 Å². The summed E-state index contributed by atoms with van der Waals surface area (Å²) in [6.45, 7) is 1.96. The van der Waals surface area contributed by atoms with Crippen molar-refractivity contribution in [3.63, 3.8) is 0 Å². The molecule has 2 N–H and O–H groups in total. The number of nitrogens with one attached hydrogen (secondary N) is 2. The highest BCUT2D eigenvalue weighted by Gasteiger charge is 2.16. The summed E-state index contributed by atoms with van der Waals surface area (Å²) in [5, 5.41) is 2.90. The van der Waals surface area contributed by atoms with Crippen LogP contribution in [0, 0.1) is 6.92 Å². The lowest BCUT2D eigenvalue weighted by Crippen LogP contribution is -2.19. The predicted molar refractivity (Wildman–Crippen MR) is 64.9 cm³/mol. The van der Waals surface area contributed by atoms with Crippen LogP contribution >= 0.6 is 11.6 Å². The Bertz CT molecular complexity index is 540. The van der Waals surface area contributed by atoms with Gasteiger partial charge in [-0.25, -0.2) is 20.1 Å². The molecule has 0 saturated carbocycles. The molecule has 2 heterocycles. The quantitative estimate of drug-likeness (QED) is 0.828. The Labute approximate surface area is 104 Å². The molecule has 0 aliphatic rings. The molecule has 2 rings (SSSR count). The van der Waals surface area contributed by atoms with Gasteiger partial charge in [-0.15, -0.1) is 0 Å². The summed E-state index contributed by atoms with van der Waals surface area (Å²) < 4.78 is 0. The zero-order valence-electron chi connectivity index (χ0n) is 9.20. The molecule has 0 aliphatic carbocycles. The summed E-state index contributed by atoms with van der Waals surface area (Å²) in [7, 11) is 0. The normalized spacial score (nSPS) is 10.0. The molecule has 4 nitrogen and oxygen atoms in total. The van der Waals surface area contributed by atoms with Crippen LogP contribution in [0.25, 0.3) is 0 Å². The Morgan fingerprint density at radius 1 is 1.41 bits per heavy atom. The van der Waals surface area contributed by atoms with Gasteiger partial charge in [0.1, 0.15) is 10.7 Å². The van der Waals surface area contributed by atoms with Gasteiger partial charge in [0, 0.05) is 12.3 Å². The lowest BCUT2D eigenvalue weighted by atomic mass is 10.2. The molecule has 0 spiro atoms. The van der Waals surface area contributed by atoms with Crippen LogP contribution in [-0.2, 0) is 0 Å². The van der Waals surface area contributed by atoms with Gasteiger partial charge < -0.3 is 0 Å². The molecule has 2 aromatic heterocycles. The number of pyridine rings is 2. The molecule has 17 heavy (non-hydrogen) atoms. The van der Waals surface area contributed by atoms with E-state index in [0.29, 0.717) is 11.4 Å². The van der Waals surface area contributed by atoms with Crippen LogP contribution in [0.4, 0.5) is 5.82 Å². The fourth-order valence-corrected chi connectivity index (χ4v) is 1.53. The number of carbonyl (C=O) groups is 1. The smallest absolute Gasteiger partial charge is 0.247 e. The standard InChI is InChI=1S/C12H10ClN3O/c1-8-4-5-10(15-7-8)16-12(17)9-3-2-6-14-11(9)13/h2-7H,1H3,(H,15,16,17)/p+1. The van der Waals surface area contributed by atoms with Crippen LogP contribution < -0.4 is 10.3 Å². The number of anilines is 1. The molecule has 1 amide bonds. The Hall–Kier alpha value is -1.94. The summed E-state index contributed by atoms with van der Waals surface area (Å²) in [6, 6.07) is 6.98. The largest absolute Gasteiger partial charge is 0.342 e. The van der Waals surface area contributed by atoms with E-state index in [1.54, 1.807) is 24.4 Å². The molecule has 0 aliphatic heterocycles. The molecule has 86 valence electrons. The summed E-state index contributed by atoms with van der Waals surface area (Å²) in [4.78, 5) is 18.7. The van der Waals surface area contributed by atoms with Gasteiger partial charge >= 0.3 is 5.91 Å². The minimum Gasteiger partial charge on any atom is -0.247 e. The zero-order chi connectivity index (χ0) is 12.3. The van der Waals surface area contributed by atoms with Crippen molar-refractivity contribution in [2.24, 2.45) is 0 Å². The molecular formula is C12H11ClN3O+. The number of rotatable bonds is 2. The van der Waals surface area contributed by atoms with Gasteiger partial charge in [0.2, 0.25) is 0 Å². The van der Waals surface area contributed by atoms with Crippen LogP contribution in [0.3, 0.4) is 0 Å². The number of hydrogen-bond donors (Lipinski definition) is 1. The molecule has 0 aromatic carbocycles. The molecule has 0 fully saturated rings. The SMILES string of the molecule is Cc1ccc(NC(=O)c2cccnc2Cl)[nH+]c1. The Balaban J connectivity index is 2.17. The highest BCUT2D eigenvalue weighted by molar-refractivity contribution is 6.33. The zero-order valence-corrected chi connectivity index (χ0v) is 9.95. The number of halogens is 1. The van der Waals surface area contributed by atoms with Gasteiger partial charge in [0.25, 0.3) is 5.82 Å². The maximum atomic E-state index is 11.9. The van der Waals surface area contributed by atoms with Crippen molar-refractivity contribution in [2.75, 3.05) is 5.32 Å². The van der Waals surface area contributed by atoms with E-state index in [2.05, 4.69) is 15.3 Å². The minimum absolute atomic E-state index is 0.192. The third-order valence-electron chi connectivity index (χ3n) is 2.22. The highest BCUT2D eigenvalue weighted by Crippen LogP contribution is 2.12. The molecule has 0 saturated heterocycles. The first-order chi connectivity index (χ1) is 8.16. The number of hydrogen-bond acceptors (Lipinski definition) is 2. The summed E-state index contributed by atoms with van der Waals surface area (Å²) >= 11 is 5.83. The van der Waals surface area contributed by atoms with Crippen LogP contribution in [0.15, 0.2) is 36.7 Å². The van der Waals surface area contributed by atoms with Crippen molar-refractivity contribution >= 4 is 23.3 Å². The Kier molecular flexibility index (Phi) is 3.35. The summed E-state index contributed by atoms with van der Waals surface area (Å²) in [5.74, 6) is 0.323. The Morgan fingerprint density at radius 3 is 2.88 bits per heavy atom. The second-order valence-corrected chi connectivity index (χ2v) is 3.93. The van der Waals surface area contributed by atoms with Gasteiger partial charge in [0.05, 0.1) is 6.20 Å². The minimum atomic E-state index is -0.289. The molecule has 0 bridgehead atoms. The number of carbonyl (C=O) groups excluding carboxylic acids is 1. The molecular weight excluding hydrogens is 238 g/mol. The average molecular weight is 249 g/mol. The van der Waals surface area contributed by atoms with Gasteiger partial charge in [-0.1, -0.05) is 11.6 Å². The monoisotopic (exact) mass is 248 g/mol. The van der Waals surface area contributed by atoms with Gasteiger partial charge in [-0.2, -0.15) is 0 Å². The van der Waals surface area contributed by atoms with E-state index in [1.807, 2.05) is 13.0 Å². The summed E-state index contributed by atoms with van der Waals surface area (Å²) in [5.41, 5.74) is 1.44. The van der Waals surface area contributed by atoms with Crippen LogP contribution in [0.5, 0.6) is 0 Å². The lowest BCUT2D eigenvalue weighted by molar-refractivity contribution is -0.361. The van der Waals surface area contributed by atoms with E-state index in [4.69, 9.17) is 11.6 Å². The predicted octanol–water partition coefficient (Wildman–Crippen LogP) is 2.11. The molecule has 5 heteroatoms. The van der Waals surface area contributed by atoms with Crippen molar-refractivity contribution in [3.05, 3.63) is 52.9 Å². The van der Waals surface area contributed by atoms with Crippen molar-refractivity contribution in [3.8, 4) is 0 Å². The van der Waals surface area contributed by atoms with Crippen molar-refractivity contribution in [1.29, 1.82) is 0 Å². The topological polar surface area (TPSA) is 56.1 Å². The fraction of sp³-hybridized carbons (Fsp3) is 0.0833. The maximum absolute atomic E-state index is 11.9. The van der Waals surface area contributed by atoms with E-state index in [9.17, 15) is 4.79 Å². The average Bonchev–Trinajstić information content (AvgIpc) is 2.32. The van der Waals surface area contributed by atoms with E-state index in [1.165, 1.54) is 6.20 Å². The van der Waals surface area contributed by atoms with E-state index in [-0.39, 0.29) is 11.1 Å². The molecule has 0 radical (unpaired) electrons. The van der Waals surface area contributed by atoms with Gasteiger partial charge in [0.15, 0.2) is 0 Å². The van der Waals surface area contributed by atoms with E-state index < -0.39 is 0 Å². The summed E-state index contributed by atoms with van der Waals surface area (Å²) in [6.07, 6.45) is 3.34. The molecule has 2 aromatic rings. The number of H-pyrrole nitrogens is 1. The maximum Gasteiger partial charge on any atom is 0.342 e. The number of nitrogens with zero attached hydrogens (tertiary/aromatic N) is 1.